The van der Waals surface area contributed by atoms with Crippen LogP contribution in [-0.4, -0.2) is 28.9 Å². The molecule has 1 aliphatic heterocycles. The van der Waals surface area contributed by atoms with Gasteiger partial charge in [0.15, 0.2) is 0 Å². The Morgan fingerprint density at radius 2 is 2.05 bits per heavy atom. The summed E-state index contributed by atoms with van der Waals surface area (Å²) in [4.78, 5) is 14.5. The molecule has 1 amide bonds. The van der Waals surface area contributed by atoms with Crippen molar-refractivity contribution >= 4 is 23.1 Å². The standard InChI is InChI=1S/C16H22N2OS/c1-11(2)13-8-15(19)18(9-13)10-14(16(17)20)12-6-4-3-5-7-12/h3-7,11,13-14H,8-10H2,1-2H3,(H2,17,20). The minimum Gasteiger partial charge on any atom is -0.393 e. The summed E-state index contributed by atoms with van der Waals surface area (Å²) in [6.45, 7) is 5.76. The number of amides is 1. The summed E-state index contributed by atoms with van der Waals surface area (Å²) in [5.74, 6) is 1.15. The quantitative estimate of drug-likeness (QED) is 0.848. The molecule has 0 bridgehead atoms. The van der Waals surface area contributed by atoms with Crippen LogP contribution in [0.5, 0.6) is 0 Å². The van der Waals surface area contributed by atoms with Gasteiger partial charge in [-0.3, -0.25) is 4.79 Å². The normalized spacial score (nSPS) is 20.4. The molecule has 1 heterocycles. The zero-order valence-corrected chi connectivity index (χ0v) is 12.9. The average Bonchev–Trinajstić information content (AvgIpc) is 2.78. The van der Waals surface area contributed by atoms with Crippen LogP contribution in [0, 0.1) is 11.8 Å². The Kier molecular flexibility index (Phi) is 4.76. The Morgan fingerprint density at radius 1 is 1.40 bits per heavy atom. The van der Waals surface area contributed by atoms with Gasteiger partial charge < -0.3 is 10.6 Å². The van der Waals surface area contributed by atoms with Gasteiger partial charge in [0.2, 0.25) is 5.91 Å². The number of carbonyl (C=O) groups excluding carboxylic acids is 1. The van der Waals surface area contributed by atoms with Crippen molar-refractivity contribution in [1.82, 2.24) is 4.90 Å². The Hall–Kier alpha value is -1.42. The molecular formula is C16H22N2OS. The monoisotopic (exact) mass is 290 g/mol. The molecule has 20 heavy (non-hydrogen) atoms. The highest BCUT2D eigenvalue weighted by atomic mass is 32.1. The second kappa shape index (κ2) is 6.35. The molecule has 0 saturated carbocycles. The van der Waals surface area contributed by atoms with Gasteiger partial charge in [-0.1, -0.05) is 56.4 Å². The van der Waals surface area contributed by atoms with Crippen molar-refractivity contribution in [3.8, 4) is 0 Å². The van der Waals surface area contributed by atoms with Gasteiger partial charge in [0.1, 0.15) is 0 Å². The fourth-order valence-corrected chi connectivity index (χ4v) is 2.90. The first-order valence-electron chi connectivity index (χ1n) is 7.11. The Morgan fingerprint density at radius 3 is 2.55 bits per heavy atom. The number of benzene rings is 1. The van der Waals surface area contributed by atoms with Crippen LogP contribution < -0.4 is 5.73 Å². The molecule has 2 rings (SSSR count). The fourth-order valence-electron chi connectivity index (χ4n) is 2.69. The molecule has 108 valence electrons. The molecule has 1 fully saturated rings. The van der Waals surface area contributed by atoms with Gasteiger partial charge in [-0.2, -0.15) is 0 Å². The Labute approximate surface area is 126 Å². The summed E-state index contributed by atoms with van der Waals surface area (Å²) < 4.78 is 0. The van der Waals surface area contributed by atoms with E-state index in [2.05, 4.69) is 13.8 Å². The first-order valence-corrected chi connectivity index (χ1v) is 7.52. The van der Waals surface area contributed by atoms with Gasteiger partial charge in [-0.15, -0.1) is 0 Å². The number of hydrogen-bond donors (Lipinski definition) is 1. The van der Waals surface area contributed by atoms with Gasteiger partial charge in [-0.25, -0.2) is 0 Å². The summed E-state index contributed by atoms with van der Waals surface area (Å²) >= 11 is 5.19. The summed E-state index contributed by atoms with van der Waals surface area (Å²) in [5.41, 5.74) is 6.96. The Balaban J connectivity index is 2.10. The van der Waals surface area contributed by atoms with E-state index in [0.717, 1.165) is 12.1 Å². The fraction of sp³-hybridized carbons (Fsp3) is 0.500. The lowest BCUT2D eigenvalue weighted by Gasteiger charge is -2.24. The third-order valence-electron chi connectivity index (χ3n) is 4.14. The van der Waals surface area contributed by atoms with Gasteiger partial charge in [0, 0.05) is 19.5 Å². The zero-order chi connectivity index (χ0) is 14.7. The number of carbonyl (C=O) groups is 1. The maximum Gasteiger partial charge on any atom is 0.222 e. The number of hydrogen-bond acceptors (Lipinski definition) is 2. The number of rotatable bonds is 5. The summed E-state index contributed by atoms with van der Waals surface area (Å²) in [6.07, 6.45) is 0.649. The molecule has 3 nitrogen and oxygen atoms in total. The maximum atomic E-state index is 12.1. The number of likely N-dealkylation sites (tertiary alicyclic amines) is 1. The molecule has 0 aliphatic carbocycles. The Bertz CT molecular complexity index is 487. The van der Waals surface area contributed by atoms with Crippen LogP contribution in [0.4, 0.5) is 0 Å². The first-order chi connectivity index (χ1) is 9.49. The molecule has 1 aliphatic rings. The molecule has 4 heteroatoms. The van der Waals surface area contributed by atoms with Gasteiger partial charge >= 0.3 is 0 Å². The van der Waals surface area contributed by atoms with Crippen molar-refractivity contribution in [3.63, 3.8) is 0 Å². The third kappa shape index (κ3) is 3.37. The SMILES string of the molecule is CC(C)C1CC(=O)N(CC(C(N)=S)c2ccccc2)C1. The van der Waals surface area contributed by atoms with Crippen molar-refractivity contribution < 1.29 is 4.79 Å². The van der Waals surface area contributed by atoms with Crippen molar-refractivity contribution in [3.05, 3.63) is 35.9 Å². The highest BCUT2D eigenvalue weighted by molar-refractivity contribution is 7.80. The minimum atomic E-state index is -0.0546. The van der Waals surface area contributed by atoms with Crippen LogP contribution >= 0.6 is 12.2 Å². The van der Waals surface area contributed by atoms with Gasteiger partial charge in [0.25, 0.3) is 0 Å². The van der Waals surface area contributed by atoms with Crippen LogP contribution in [0.1, 0.15) is 31.7 Å². The minimum absolute atomic E-state index is 0.0546. The molecule has 2 atom stereocenters. The van der Waals surface area contributed by atoms with Crippen LogP contribution in [0.25, 0.3) is 0 Å². The van der Waals surface area contributed by atoms with Crippen LogP contribution in [0.3, 0.4) is 0 Å². The molecule has 2 N–H and O–H groups in total. The van der Waals surface area contributed by atoms with Crippen LogP contribution in [0.2, 0.25) is 0 Å². The molecule has 1 aromatic carbocycles. The average molecular weight is 290 g/mol. The number of nitrogens with two attached hydrogens (primary N) is 1. The lowest BCUT2D eigenvalue weighted by Crippen LogP contribution is -2.35. The van der Waals surface area contributed by atoms with E-state index in [0.29, 0.717) is 29.8 Å². The van der Waals surface area contributed by atoms with Gasteiger partial charge in [-0.05, 0) is 17.4 Å². The molecule has 2 unspecified atom stereocenters. The highest BCUT2D eigenvalue weighted by Crippen LogP contribution is 2.27. The lowest BCUT2D eigenvalue weighted by atomic mass is 9.95. The van der Waals surface area contributed by atoms with E-state index < -0.39 is 0 Å². The van der Waals surface area contributed by atoms with Crippen LogP contribution in [0.15, 0.2) is 30.3 Å². The van der Waals surface area contributed by atoms with Crippen molar-refractivity contribution in [1.29, 1.82) is 0 Å². The van der Waals surface area contributed by atoms with Crippen molar-refractivity contribution in [2.45, 2.75) is 26.2 Å². The number of nitrogens with zero attached hydrogens (tertiary/aromatic N) is 1. The van der Waals surface area contributed by atoms with E-state index in [-0.39, 0.29) is 11.8 Å². The highest BCUT2D eigenvalue weighted by Gasteiger charge is 2.33. The molecule has 1 saturated heterocycles. The summed E-state index contributed by atoms with van der Waals surface area (Å²) in [7, 11) is 0. The molecule has 1 aromatic rings. The van der Waals surface area contributed by atoms with E-state index in [1.165, 1.54) is 0 Å². The molecule has 0 radical (unpaired) electrons. The maximum absolute atomic E-state index is 12.1. The van der Waals surface area contributed by atoms with E-state index in [1.54, 1.807) is 0 Å². The summed E-state index contributed by atoms with van der Waals surface area (Å²) in [5, 5.41) is 0. The topological polar surface area (TPSA) is 46.3 Å². The number of thiocarbonyl (C=S) groups is 1. The van der Waals surface area contributed by atoms with Crippen LogP contribution in [-0.2, 0) is 4.79 Å². The lowest BCUT2D eigenvalue weighted by molar-refractivity contribution is -0.127. The van der Waals surface area contributed by atoms with Crippen molar-refractivity contribution in [2.75, 3.05) is 13.1 Å². The molecular weight excluding hydrogens is 268 g/mol. The third-order valence-corrected chi connectivity index (χ3v) is 4.42. The van der Waals surface area contributed by atoms with E-state index in [9.17, 15) is 4.79 Å². The summed E-state index contributed by atoms with van der Waals surface area (Å²) in [6, 6.07) is 9.96. The second-order valence-electron chi connectivity index (χ2n) is 5.87. The van der Waals surface area contributed by atoms with E-state index in [1.807, 2.05) is 35.2 Å². The van der Waals surface area contributed by atoms with Gasteiger partial charge in [0.05, 0.1) is 10.9 Å². The van der Waals surface area contributed by atoms with E-state index in [4.69, 9.17) is 18.0 Å². The molecule has 0 aromatic heterocycles. The smallest absolute Gasteiger partial charge is 0.222 e. The molecule has 0 spiro atoms. The van der Waals surface area contributed by atoms with Crippen molar-refractivity contribution in [2.24, 2.45) is 17.6 Å². The first kappa shape index (κ1) is 15.0. The second-order valence-corrected chi connectivity index (χ2v) is 6.34. The predicted octanol–water partition coefficient (Wildman–Crippen LogP) is 2.56. The zero-order valence-electron chi connectivity index (χ0n) is 12.1. The predicted molar refractivity (Wildman–Crippen MR) is 85.5 cm³/mol. The van der Waals surface area contributed by atoms with E-state index >= 15 is 0 Å². The largest absolute Gasteiger partial charge is 0.393 e.